The summed E-state index contributed by atoms with van der Waals surface area (Å²) in [5.74, 6) is 1.79. The highest BCUT2D eigenvalue weighted by molar-refractivity contribution is 5.96. The molecule has 1 amide bonds. The number of nitrogens with zero attached hydrogens (tertiary/aromatic N) is 4. The Morgan fingerprint density at radius 3 is 2.37 bits per heavy atom. The Labute approximate surface area is 287 Å². The second-order valence-corrected chi connectivity index (χ2v) is 13.1. The van der Waals surface area contributed by atoms with Gasteiger partial charge in [-0.05, 0) is 74.2 Å². The number of carbonyl (C=O) groups is 2. The molecule has 1 aromatic heterocycles. The van der Waals surface area contributed by atoms with E-state index in [1.54, 1.807) is 24.3 Å². The Hall–Kier alpha value is -4.64. The van der Waals surface area contributed by atoms with Crippen molar-refractivity contribution in [2.45, 2.75) is 57.0 Å². The fourth-order valence-electron chi connectivity index (χ4n) is 7.32. The number of fused-ring (bicyclic) bond motifs is 1. The Balaban J connectivity index is 1.13. The third kappa shape index (κ3) is 7.22. The Bertz CT molecular complexity index is 1780. The molecule has 260 valence electrons. The largest absolute Gasteiger partial charge is 0.493 e. The molecule has 10 nitrogen and oxygen atoms in total. The van der Waals surface area contributed by atoms with Crippen LogP contribution >= 0.6 is 0 Å². The fourth-order valence-corrected chi connectivity index (χ4v) is 7.32. The number of amides is 1. The van der Waals surface area contributed by atoms with Gasteiger partial charge < -0.3 is 33.9 Å². The molecule has 4 aromatic rings. The molecule has 1 atom stereocenters. The Kier molecular flexibility index (Phi) is 10.4. The Morgan fingerprint density at radius 1 is 0.959 bits per heavy atom. The smallest absolute Gasteiger partial charge is 0.254 e. The second kappa shape index (κ2) is 14.9. The first-order chi connectivity index (χ1) is 23.8. The predicted octanol–water partition coefficient (Wildman–Crippen LogP) is 5.93. The van der Waals surface area contributed by atoms with Gasteiger partial charge in [0.15, 0.2) is 17.3 Å². The maximum atomic E-state index is 14.6. The van der Waals surface area contributed by atoms with E-state index in [0.717, 1.165) is 67.9 Å². The van der Waals surface area contributed by atoms with Crippen LogP contribution in [0.2, 0.25) is 0 Å². The van der Waals surface area contributed by atoms with Gasteiger partial charge in [-0.25, -0.2) is 9.37 Å². The van der Waals surface area contributed by atoms with Crippen LogP contribution in [0.25, 0.3) is 11.0 Å². The van der Waals surface area contributed by atoms with E-state index in [0.29, 0.717) is 48.9 Å². The zero-order valence-corrected chi connectivity index (χ0v) is 28.8. The van der Waals surface area contributed by atoms with E-state index in [9.17, 15) is 14.0 Å². The van der Waals surface area contributed by atoms with E-state index in [4.69, 9.17) is 19.2 Å². The van der Waals surface area contributed by atoms with Gasteiger partial charge in [-0.15, -0.1) is 0 Å². The molecule has 2 aliphatic rings. The number of hydrogen-bond acceptors (Lipinski definition) is 8. The number of benzene rings is 3. The summed E-state index contributed by atoms with van der Waals surface area (Å²) in [5.41, 5.74) is 2.82. The molecule has 6 rings (SSSR count). The van der Waals surface area contributed by atoms with Gasteiger partial charge in [0.2, 0.25) is 11.7 Å². The summed E-state index contributed by atoms with van der Waals surface area (Å²) in [6.07, 6.45) is 3.88. The summed E-state index contributed by atoms with van der Waals surface area (Å²) in [6, 6.07) is 18.4. The molecule has 3 heterocycles. The van der Waals surface area contributed by atoms with Gasteiger partial charge in [0.05, 0.1) is 38.9 Å². The van der Waals surface area contributed by atoms with Crippen molar-refractivity contribution in [3.8, 4) is 17.2 Å². The highest BCUT2D eigenvalue weighted by atomic mass is 19.1. The molecule has 0 saturated carbocycles. The molecule has 0 bridgehead atoms. The highest BCUT2D eigenvalue weighted by Crippen LogP contribution is 2.42. The normalized spacial score (nSPS) is 18.5. The molecule has 0 radical (unpaired) electrons. The lowest BCUT2D eigenvalue weighted by Crippen LogP contribution is -2.42. The van der Waals surface area contributed by atoms with Gasteiger partial charge >= 0.3 is 0 Å². The molecule has 1 N–H and O–H groups in total. The monoisotopic (exact) mass is 671 g/mol. The minimum absolute atomic E-state index is 0.129. The summed E-state index contributed by atoms with van der Waals surface area (Å²) in [4.78, 5) is 35.4. The summed E-state index contributed by atoms with van der Waals surface area (Å²) < 4.78 is 33.0. The maximum Gasteiger partial charge on any atom is 0.254 e. The minimum Gasteiger partial charge on any atom is -0.493 e. The van der Waals surface area contributed by atoms with E-state index in [-0.39, 0.29) is 29.0 Å². The van der Waals surface area contributed by atoms with Crippen LogP contribution in [0.5, 0.6) is 17.2 Å². The minimum atomic E-state index is -0.385. The number of piperidine rings is 1. The molecule has 2 saturated heterocycles. The molecule has 0 aliphatic carbocycles. The summed E-state index contributed by atoms with van der Waals surface area (Å²) in [5, 5.41) is 3.64. The predicted molar refractivity (Wildman–Crippen MR) is 187 cm³/mol. The lowest BCUT2D eigenvalue weighted by atomic mass is 9.76. The van der Waals surface area contributed by atoms with Crippen LogP contribution in [0, 0.1) is 5.82 Å². The Morgan fingerprint density at radius 2 is 1.69 bits per heavy atom. The first-order valence-electron chi connectivity index (χ1n) is 17.1. The number of ketones is 1. The summed E-state index contributed by atoms with van der Waals surface area (Å²) in [6.45, 7) is 5.87. The van der Waals surface area contributed by atoms with Crippen molar-refractivity contribution >= 4 is 28.7 Å². The van der Waals surface area contributed by atoms with Crippen LogP contribution in [-0.4, -0.2) is 91.1 Å². The van der Waals surface area contributed by atoms with E-state index in [1.807, 2.05) is 46.7 Å². The van der Waals surface area contributed by atoms with Crippen LogP contribution in [0.15, 0.2) is 60.7 Å². The second-order valence-electron chi connectivity index (χ2n) is 13.1. The number of carbonyl (C=O) groups excluding carboxylic acids is 2. The first kappa shape index (κ1) is 34.2. The number of ether oxygens (including phenoxy) is 3. The average molecular weight is 672 g/mol. The number of imidazole rings is 1. The van der Waals surface area contributed by atoms with Crippen molar-refractivity contribution in [3.05, 3.63) is 77.6 Å². The number of Topliss-reactive ketones (excluding diaryl/α,β-unsaturated/α-hetero) is 1. The van der Waals surface area contributed by atoms with E-state index in [1.165, 1.54) is 27.4 Å². The standard InChI is InChI=1S/C38H46FN5O5/c1-5-30(45)24-44-32-12-7-6-11-31(32)41-37(44)40-29-13-17-42(18-14-29)19-15-38(27-9-8-10-28(39)23-27)16-20-43(25-38)36(46)26-21-33(47-2)35(49-4)34(22-26)48-3/h6-12,21-23,29H,5,13-20,24-25H2,1-4H3,(H,40,41). The molecule has 3 aromatic carbocycles. The number of anilines is 1. The van der Waals surface area contributed by atoms with Gasteiger partial charge in [0, 0.05) is 49.6 Å². The fraction of sp³-hybridized carbons (Fsp3) is 0.447. The van der Waals surface area contributed by atoms with Gasteiger partial charge in [-0.1, -0.05) is 31.2 Å². The van der Waals surface area contributed by atoms with Gasteiger partial charge in [0.1, 0.15) is 5.82 Å². The van der Waals surface area contributed by atoms with Crippen molar-refractivity contribution in [2.24, 2.45) is 0 Å². The van der Waals surface area contributed by atoms with Crippen molar-refractivity contribution in [1.29, 1.82) is 0 Å². The lowest BCUT2D eigenvalue weighted by molar-refractivity contribution is -0.119. The van der Waals surface area contributed by atoms with Crippen LogP contribution < -0.4 is 19.5 Å². The number of hydrogen-bond donors (Lipinski definition) is 1. The third-order valence-corrected chi connectivity index (χ3v) is 10.2. The molecular weight excluding hydrogens is 625 g/mol. The van der Waals surface area contributed by atoms with Crippen molar-refractivity contribution in [2.75, 3.05) is 59.4 Å². The molecule has 1 unspecified atom stereocenters. The SMILES string of the molecule is CCC(=O)Cn1c(NC2CCN(CCC3(c4cccc(F)c4)CCN(C(=O)c4cc(OC)c(OC)c(OC)c4)C3)CC2)nc2ccccc21. The topological polar surface area (TPSA) is 98.2 Å². The molecule has 11 heteroatoms. The molecule has 2 aliphatic heterocycles. The number of halogens is 1. The number of para-hydroxylation sites is 2. The zero-order valence-electron chi connectivity index (χ0n) is 28.8. The quantitative estimate of drug-likeness (QED) is 0.187. The first-order valence-corrected chi connectivity index (χ1v) is 17.1. The van der Waals surface area contributed by atoms with Gasteiger partial charge in [-0.3, -0.25) is 9.59 Å². The molecular formula is C38H46FN5O5. The number of likely N-dealkylation sites (tertiary alicyclic amines) is 2. The molecule has 2 fully saturated rings. The lowest BCUT2D eigenvalue weighted by Gasteiger charge is -2.36. The number of rotatable bonds is 13. The maximum absolute atomic E-state index is 14.6. The van der Waals surface area contributed by atoms with Crippen LogP contribution in [0.3, 0.4) is 0 Å². The molecule has 0 spiro atoms. The number of nitrogens with one attached hydrogen (secondary N) is 1. The summed E-state index contributed by atoms with van der Waals surface area (Å²) in [7, 11) is 4.59. The van der Waals surface area contributed by atoms with Crippen LogP contribution in [-0.2, 0) is 16.8 Å². The number of aromatic nitrogens is 2. The van der Waals surface area contributed by atoms with Gasteiger partial charge in [-0.2, -0.15) is 0 Å². The number of methoxy groups -OCH3 is 3. The average Bonchev–Trinajstić information content (AvgIpc) is 3.72. The summed E-state index contributed by atoms with van der Waals surface area (Å²) >= 11 is 0. The third-order valence-electron chi connectivity index (χ3n) is 10.2. The highest BCUT2D eigenvalue weighted by Gasteiger charge is 2.42. The van der Waals surface area contributed by atoms with E-state index >= 15 is 0 Å². The van der Waals surface area contributed by atoms with E-state index < -0.39 is 0 Å². The zero-order chi connectivity index (χ0) is 34.5. The van der Waals surface area contributed by atoms with Crippen molar-refractivity contribution in [3.63, 3.8) is 0 Å². The van der Waals surface area contributed by atoms with Gasteiger partial charge in [0.25, 0.3) is 5.91 Å². The molecule has 49 heavy (non-hydrogen) atoms. The van der Waals surface area contributed by atoms with Crippen LogP contribution in [0.4, 0.5) is 10.3 Å². The van der Waals surface area contributed by atoms with E-state index in [2.05, 4.69) is 10.2 Å². The van der Waals surface area contributed by atoms with Crippen LogP contribution in [0.1, 0.15) is 54.9 Å². The van der Waals surface area contributed by atoms with Crippen molar-refractivity contribution in [1.82, 2.24) is 19.4 Å². The van der Waals surface area contributed by atoms with Crippen molar-refractivity contribution < 1.29 is 28.2 Å².